The molecule has 0 N–H and O–H groups in total. The average Bonchev–Trinajstić information content (AvgIpc) is 3.82. The van der Waals surface area contributed by atoms with Crippen LogP contribution in [0.3, 0.4) is 0 Å². The van der Waals surface area contributed by atoms with E-state index in [2.05, 4.69) is 22.2 Å². The van der Waals surface area contributed by atoms with Gasteiger partial charge in [0.25, 0.3) is 0 Å². The molecule has 49 heavy (non-hydrogen) atoms. The highest BCUT2D eigenvalue weighted by molar-refractivity contribution is 7.13. The number of carbonyl (C=O) groups is 4. The van der Waals surface area contributed by atoms with Crippen LogP contribution in [-0.2, 0) is 35.1 Å². The van der Waals surface area contributed by atoms with E-state index in [-0.39, 0.29) is 23.4 Å². The number of ketones is 1. The van der Waals surface area contributed by atoms with Crippen LogP contribution in [0.2, 0.25) is 5.82 Å². The molecule has 2 aliphatic heterocycles. The molecule has 0 spiro atoms. The first-order valence-corrected chi connectivity index (χ1v) is 18.3. The third kappa shape index (κ3) is 8.03. The number of aromatic nitrogens is 4. The topological polar surface area (TPSA) is 146 Å². The van der Waals surface area contributed by atoms with Gasteiger partial charge in [-0.1, -0.05) is 26.0 Å². The van der Waals surface area contributed by atoms with E-state index in [9.17, 15) is 19.2 Å². The summed E-state index contributed by atoms with van der Waals surface area (Å²) in [4.78, 5) is 62.2. The number of unbranched alkanes of at least 4 members (excludes halogenated alkanes) is 1. The fraction of sp³-hybridized carbons (Fsp3) is 0.735. The lowest BCUT2D eigenvalue weighted by atomic mass is 9.62. The Morgan fingerprint density at radius 1 is 1.14 bits per heavy atom. The van der Waals surface area contributed by atoms with Crippen LogP contribution in [0, 0.1) is 17.8 Å². The van der Waals surface area contributed by atoms with Crippen molar-refractivity contribution in [3.63, 3.8) is 0 Å². The van der Waals surface area contributed by atoms with Gasteiger partial charge in [0, 0.05) is 51.2 Å². The number of aryl methyl sites for hydroxylation is 1. The molecule has 9 atom stereocenters. The molecule has 2 saturated heterocycles. The Morgan fingerprint density at radius 3 is 2.45 bits per heavy atom. The fourth-order valence-electron chi connectivity index (χ4n) is 7.80. The van der Waals surface area contributed by atoms with Crippen molar-refractivity contribution >= 4 is 42.9 Å². The van der Waals surface area contributed by atoms with Gasteiger partial charge in [-0.2, -0.15) is 0 Å². The molecule has 2 fully saturated rings. The van der Waals surface area contributed by atoms with Gasteiger partial charge in [-0.3, -0.25) is 24.0 Å². The number of cyclic esters (lactones) is 1. The number of ether oxygens (including phenoxy) is 3. The number of hydrogen-bond acceptors (Lipinski definition) is 11. The molecule has 0 aliphatic carbocycles. The molecular formula is C34H53BN6O7S. The Hall–Kier alpha value is -3.33. The second kappa shape index (κ2) is 15.7. The van der Waals surface area contributed by atoms with E-state index >= 15 is 0 Å². The Labute approximate surface area is 294 Å². The second-order valence-corrected chi connectivity index (χ2v) is 15.3. The molecule has 13 nitrogen and oxygen atoms in total. The minimum absolute atomic E-state index is 0.0156. The largest absolute Gasteiger partial charge is 0.458 e. The third-order valence-electron chi connectivity index (χ3n) is 11.0. The van der Waals surface area contributed by atoms with Crippen LogP contribution in [-0.4, -0.2) is 111 Å². The van der Waals surface area contributed by atoms with Gasteiger partial charge in [-0.15, -0.1) is 16.4 Å². The molecule has 0 aromatic carbocycles. The number of rotatable bonds is 8. The maximum Gasteiger partial charge on any atom is 0.410 e. The molecule has 4 heterocycles. The lowest BCUT2D eigenvalue weighted by Gasteiger charge is -2.44. The Bertz CT molecular complexity index is 1470. The van der Waals surface area contributed by atoms with Crippen molar-refractivity contribution in [3.05, 3.63) is 17.8 Å². The van der Waals surface area contributed by atoms with Crippen molar-refractivity contribution in [3.8, 4) is 10.7 Å². The zero-order valence-electron chi connectivity index (χ0n) is 30.7. The van der Waals surface area contributed by atoms with E-state index in [0.717, 1.165) is 5.01 Å². The average molecular weight is 701 g/mol. The standard InChI is InChI=1S/C34H53BN6O7S/c1-10-26-34(8)29(40(32(45)48-34)15-12-11-14-39-19-25(37-38-39)30-36-13-16-49-30)23(5)41(24(6)42)18-20(2)17-33(7,46-9)28(35)21(3)27(43)22(4)31(44)47-26/h13,16,19-23,26,28-29H,10-12,14-15,17-18,35H2,1-9H3/t20-,21+,22-,23-,26-,28-,29-,33-,34-/m1/s1. The maximum atomic E-state index is 13.7. The summed E-state index contributed by atoms with van der Waals surface area (Å²) >= 11 is 1.50. The molecule has 2 aromatic heterocycles. The number of thiazole rings is 1. The molecule has 2 aliphatic rings. The predicted octanol–water partition coefficient (Wildman–Crippen LogP) is 4.03. The van der Waals surface area contributed by atoms with Gasteiger partial charge in [0.2, 0.25) is 5.91 Å². The molecule has 2 aromatic rings. The lowest BCUT2D eigenvalue weighted by molar-refractivity contribution is -0.171. The molecule has 0 saturated carbocycles. The minimum Gasteiger partial charge on any atom is -0.458 e. The number of amides is 2. The van der Waals surface area contributed by atoms with Crippen molar-refractivity contribution in [2.45, 2.75) is 123 Å². The smallest absolute Gasteiger partial charge is 0.410 e. The van der Waals surface area contributed by atoms with Gasteiger partial charge in [-0.25, -0.2) is 9.78 Å². The molecule has 0 unspecified atom stereocenters. The van der Waals surface area contributed by atoms with E-state index in [1.807, 2.05) is 47.1 Å². The van der Waals surface area contributed by atoms with Crippen LogP contribution in [0.4, 0.5) is 4.79 Å². The van der Waals surface area contributed by atoms with Gasteiger partial charge in [0.15, 0.2) is 5.60 Å². The van der Waals surface area contributed by atoms with Crippen LogP contribution in [0.5, 0.6) is 0 Å². The number of nitrogens with zero attached hydrogens (tertiary/aromatic N) is 6. The van der Waals surface area contributed by atoms with E-state index in [4.69, 9.17) is 14.2 Å². The summed E-state index contributed by atoms with van der Waals surface area (Å²) in [6.45, 7) is 15.9. The van der Waals surface area contributed by atoms with Crippen molar-refractivity contribution in [2.75, 3.05) is 20.2 Å². The summed E-state index contributed by atoms with van der Waals surface area (Å²) in [6.07, 6.45) is 4.44. The van der Waals surface area contributed by atoms with E-state index in [0.29, 0.717) is 51.0 Å². The Balaban J connectivity index is 1.65. The summed E-state index contributed by atoms with van der Waals surface area (Å²) in [7, 11) is 3.61. The quantitative estimate of drug-likeness (QED) is 0.171. The molecule has 0 bridgehead atoms. The van der Waals surface area contributed by atoms with Gasteiger partial charge in [-0.05, 0) is 65.1 Å². The van der Waals surface area contributed by atoms with Crippen molar-refractivity contribution in [2.24, 2.45) is 17.8 Å². The van der Waals surface area contributed by atoms with Gasteiger partial charge >= 0.3 is 12.1 Å². The van der Waals surface area contributed by atoms with Crippen LogP contribution < -0.4 is 0 Å². The van der Waals surface area contributed by atoms with E-state index in [1.165, 1.54) is 18.3 Å². The normalized spacial score (nSPS) is 33.4. The van der Waals surface area contributed by atoms with E-state index < -0.39 is 53.3 Å². The third-order valence-corrected chi connectivity index (χ3v) is 11.8. The van der Waals surface area contributed by atoms with Crippen molar-refractivity contribution in [1.82, 2.24) is 29.8 Å². The summed E-state index contributed by atoms with van der Waals surface area (Å²) in [5, 5.41) is 11.1. The van der Waals surface area contributed by atoms with Crippen LogP contribution >= 0.6 is 11.3 Å². The summed E-state index contributed by atoms with van der Waals surface area (Å²) in [5.74, 6) is -2.77. The minimum atomic E-state index is -1.30. The zero-order chi connectivity index (χ0) is 36.3. The van der Waals surface area contributed by atoms with Crippen molar-refractivity contribution in [1.29, 1.82) is 0 Å². The predicted molar refractivity (Wildman–Crippen MR) is 188 cm³/mol. The van der Waals surface area contributed by atoms with Gasteiger partial charge in [0.05, 0.1) is 23.9 Å². The van der Waals surface area contributed by atoms with E-state index in [1.54, 1.807) is 41.6 Å². The second-order valence-electron chi connectivity index (χ2n) is 14.4. The molecular weight excluding hydrogens is 647 g/mol. The first-order valence-electron chi connectivity index (χ1n) is 17.4. The summed E-state index contributed by atoms with van der Waals surface area (Å²) in [6, 6.07) is -1.13. The van der Waals surface area contributed by atoms with Gasteiger partial charge < -0.3 is 19.1 Å². The Kier molecular flexibility index (Phi) is 12.3. The molecule has 270 valence electrons. The highest BCUT2D eigenvalue weighted by atomic mass is 32.1. The maximum absolute atomic E-state index is 13.7. The number of hydrogen-bond donors (Lipinski definition) is 0. The molecule has 2 amide bonds. The number of esters is 1. The number of carbonyl (C=O) groups excluding carboxylic acids is 4. The van der Waals surface area contributed by atoms with Crippen LogP contribution in [0.15, 0.2) is 17.8 Å². The monoisotopic (exact) mass is 700 g/mol. The van der Waals surface area contributed by atoms with Crippen molar-refractivity contribution < 1.29 is 33.4 Å². The highest BCUT2D eigenvalue weighted by Gasteiger charge is 2.59. The molecule has 4 rings (SSSR count). The Morgan fingerprint density at radius 2 is 1.84 bits per heavy atom. The number of fused-ring (bicyclic) bond motifs is 1. The number of methoxy groups -OCH3 is 1. The number of Topliss-reactive ketones (excluding diaryl/α,β-unsaturated/α-hetero) is 1. The first kappa shape index (κ1) is 38.5. The molecule has 0 radical (unpaired) electrons. The summed E-state index contributed by atoms with van der Waals surface area (Å²) in [5.41, 5.74) is -1.29. The van der Waals surface area contributed by atoms with Crippen LogP contribution in [0.1, 0.15) is 81.1 Å². The lowest BCUT2D eigenvalue weighted by Crippen LogP contribution is -2.62. The summed E-state index contributed by atoms with van der Waals surface area (Å²) < 4.78 is 20.1. The highest BCUT2D eigenvalue weighted by Crippen LogP contribution is 2.42. The van der Waals surface area contributed by atoms with Crippen LogP contribution in [0.25, 0.3) is 10.7 Å². The zero-order valence-corrected chi connectivity index (χ0v) is 31.5. The SMILES string of the molecule is B[C@@H]1[C@@H](C)C(=O)[C@@H](C)C(=O)O[C@H](CC)[C@@]2(C)OC(=O)N(CCCCn3cc(-c4nccs4)nn3)[C@@H]2[C@@H](C)N(C(C)=O)C[C@H](C)C[C@@]1(C)OC. The first-order chi connectivity index (χ1) is 23.1. The molecule has 15 heteroatoms. The fourth-order valence-corrected chi connectivity index (χ4v) is 8.39. The van der Waals surface area contributed by atoms with Gasteiger partial charge in [0.1, 0.15) is 36.4 Å².